The molecule has 82 heavy (non-hydrogen) atoms. The molecule has 13 nitrogen and oxygen atoms in total. The van der Waals surface area contributed by atoms with Crippen LogP contribution in [0.25, 0.3) is 33.8 Å². The second-order valence-corrected chi connectivity index (χ2v) is 23.7. The standard InChI is InChI=1S/C23H22F2N2O3.C22H18F2N2O2.C18H16F2N2O2/c1-22(2)15-7-9-23(22,19(29)11-13(28)8-10-30-3)21-14(15)12-18(26-27-21)20-16(24)5-4-6-17(20)25;1-21(2)14-6-8-22(21,18-10-12(27)7-9-28-18)20-13(14)11-17(25-26-20)19-15(23)4-3-5-16(19)24;1-17(2)10-6-7-18(17,16(23)24)15-9(10)8-13(21-22-15)14-11(19)4-3-5-12(14)20/h4-6,8,10-12,15,28H,7,9H2,1-3H3;3-5,7,9-11,14H,6,8H2,1-2H3;3-5,8,10H,6-7H2,1-2H3,(H,23,24)/b10-8+,13-11?;;/t15-,23-;14-,22-;10-,18+/m000/s1. The minimum absolute atomic E-state index is 0.00677. The fourth-order valence-corrected chi connectivity index (χ4v) is 15.2. The first kappa shape index (κ1) is 55.6. The van der Waals surface area contributed by atoms with Crippen molar-refractivity contribution in [1.82, 2.24) is 30.6 Å². The first-order valence-electron chi connectivity index (χ1n) is 26.8. The van der Waals surface area contributed by atoms with E-state index in [0.29, 0.717) is 30.0 Å². The van der Waals surface area contributed by atoms with Gasteiger partial charge in [-0.1, -0.05) is 59.7 Å². The summed E-state index contributed by atoms with van der Waals surface area (Å²) in [6.45, 7) is 12.1. The van der Waals surface area contributed by atoms with Gasteiger partial charge in [0, 0.05) is 24.3 Å². The molecule has 3 saturated carbocycles. The summed E-state index contributed by atoms with van der Waals surface area (Å²) in [5, 5.41) is 45.0. The maximum Gasteiger partial charge on any atom is 0.316 e. The van der Waals surface area contributed by atoms with Crippen LogP contribution >= 0.6 is 0 Å². The van der Waals surface area contributed by atoms with Crippen LogP contribution in [-0.2, 0) is 30.6 Å². The molecule has 7 aromatic rings. The third kappa shape index (κ3) is 7.83. The van der Waals surface area contributed by atoms with E-state index in [-0.39, 0.29) is 73.9 Å². The molecule has 2 N–H and O–H groups in total. The van der Waals surface area contributed by atoms with Gasteiger partial charge >= 0.3 is 5.97 Å². The van der Waals surface area contributed by atoms with Crippen LogP contribution in [0.3, 0.4) is 0 Å². The van der Waals surface area contributed by atoms with Crippen LogP contribution in [0, 0.1) is 51.1 Å². The lowest BCUT2D eigenvalue weighted by atomic mass is 9.65. The molecule has 6 aliphatic rings. The minimum atomic E-state index is -1.08. The van der Waals surface area contributed by atoms with Crippen LogP contribution in [0.5, 0.6) is 0 Å². The number of benzene rings is 3. The fraction of sp³-hybridized carbons (Fsp3) is 0.349. The smallest absolute Gasteiger partial charge is 0.316 e. The Morgan fingerprint density at radius 2 is 0.963 bits per heavy atom. The number of carbonyl (C=O) groups excluding carboxylic acids is 1. The van der Waals surface area contributed by atoms with E-state index in [1.807, 2.05) is 27.7 Å². The molecular formula is C63H56F6N6O7. The van der Waals surface area contributed by atoms with E-state index in [1.54, 1.807) is 18.2 Å². The van der Waals surface area contributed by atoms with Gasteiger partial charge in [-0.2, -0.15) is 15.3 Å². The van der Waals surface area contributed by atoms with Crippen LogP contribution < -0.4 is 5.43 Å². The van der Waals surface area contributed by atoms with Gasteiger partial charge in [-0.05, 0) is 144 Å². The molecule has 0 radical (unpaired) electrons. The van der Waals surface area contributed by atoms with E-state index in [9.17, 15) is 50.9 Å². The number of ketones is 1. The molecule has 6 aliphatic carbocycles. The maximum absolute atomic E-state index is 14.3. The fourth-order valence-electron chi connectivity index (χ4n) is 15.2. The van der Waals surface area contributed by atoms with Gasteiger partial charge in [0.15, 0.2) is 11.2 Å². The van der Waals surface area contributed by atoms with Crippen molar-refractivity contribution in [3.63, 3.8) is 0 Å². The van der Waals surface area contributed by atoms with Crippen molar-refractivity contribution >= 4 is 11.8 Å². The van der Waals surface area contributed by atoms with Crippen molar-refractivity contribution in [2.24, 2.45) is 16.2 Å². The molecule has 4 heterocycles. The Kier molecular flexibility index (Phi) is 13.3. The first-order valence-corrected chi connectivity index (χ1v) is 26.8. The number of hydrogen-bond acceptors (Lipinski definition) is 12. The number of carboxylic acids is 1. The quantitative estimate of drug-likeness (QED) is 0.0601. The van der Waals surface area contributed by atoms with Gasteiger partial charge in [0.2, 0.25) is 0 Å². The Bertz CT molecular complexity index is 3880. The SMILES string of the molecule is CC1(C)[C@H]2CC[C@]1(C(=O)O)c1nnc(-c3c(F)cccc3F)cc12.CC1(C)[C@H]2CC[C@]1(c1cc(=O)cco1)c1nnc(-c3c(F)cccc3F)cc12.CO/C=C/C(O)=CC(=O)[C@@]12CC[C@@H](c3cc(-c4c(F)cccc4F)nnc31)C2(C)C. The summed E-state index contributed by atoms with van der Waals surface area (Å²) in [6, 6.07) is 18.9. The number of carbonyl (C=O) groups is 2. The summed E-state index contributed by atoms with van der Waals surface area (Å²) in [5.41, 5.74) is -0.0643. The van der Waals surface area contributed by atoms with Crippen molar-refractivity contribution in [1.29, 1.82) is 0 Å². The van der Waals surface area contributed by atoms with Gasteiger partial charge in [0.05, 0.1) is 81.3 Å². The molecule has 4 aromatic heterocycles. The van der Waals surface area contributed by atoms with Crippen LogP contribution in [-0.4, -0.2) is 59.7 Å². The van der Waals surface area contributed by atoms with Crippen LogP contribution in [0.1, 0.15) is 137 Å². The summed E-state index contributed by atoms with van der Waals surface area (Å²) in [6.07, 6.45) is 9.35. The maximum atomic E-state index is 14.3. The summed E-state index contributed by atoms with van der Waals surface area (Å²) in [5.74, 6) is -4.88. The largest absolute Gasteiger partial charge is 0.508 e. The third-order valence-corrected chi connectivity index (χ3v) is 19.4. The highest BCUT2D eigenvalue weighted by Gasteiger charge is 2.69. The molecule has 0 aliphatic heterocycles. The number of fused-ring (bicyclic) bond motifs is 15. The van der Waals surface area contributed by atoms with Crippen LogP contribution in [0.2, 0.25) is 0 Å². The predicted molar refractivity (Wildman–Crippen MR) is 288 cm³/mol. The topological polar surface area (TPSA) is 191 Å². The Labute approximate surface area is 467 Å². The zero-order valence-corrected chi connectivity index (χ0v) is 45.8. The highest BCUT2D eigenvalue weighted by atomic mass is 19.2. The Morgan fingerprint density at radius 3 is 1.41 bits per heavy atom. The number of rotatable bonds is 9. The van der Waals surface area contributed by atoms with Crippen molar-refractivity contribution in [2.75, 3.05) is 7.11 Å². The van der Waals surface area contributed by atoms with E-state index in [2.05, 4.69) is 44.4 Å². The van der Waals surface area contributed by atoms with Gasteiger partial charge in [-0.25, -0.2) is 26.3 Å². The molecule has 6 atom stereocenters. The van der Waals surface area contributed by atoms with E-state index >= 15 is 0 Å². The van der Waals surface area contributed by atoms with Crippen molar-refractivity contribution in [3.8, 4) is 33.8 Å². The third-order valence-electron chi connectivity index (χ3n) is 19.4. The Morgan fingerprint density at radius 1 is 0.561 bits per heavy atom. The van der Waals surface area contributed by atoms with Crippen molar-refractivity contribution < 1.29 is 55.3 Å². The first-order chi connectivity index (χ1) is 38.9. The highest BCUT2D eigenvalue weighted by Crippen LogP contribution is 2.71. The number of aliphatic hydroxyl groups excluding tert-OH is 1. The number of methoxy groups -OCH3 is 1. The van der Waals surface area contributed by atoms with E-state index < -0.39 is 67.9 Å². The normalized spacial score (nSPS) is 24.9. The van der Waals surface area contributed by atoms with Gasteiger partial charge in [-0.3, -0.25) is 14.4 Å². The molecule has 3 fully saturated rings. The Hall–Kier alpha value is -8.35. The van der Waals surface area contributed by atoms with Gasteiger partial charge in [0.1, 0.15) is 51.8 Å². The zero-order valence-electron chi connectivity index (χ0n) is 45.8. The zero-order chi connectivity index (χ0) is 58.6. The highest BCUT2D eigenvalue weighted by molar-refractivity contribution is 6.02. The van der Waals surface area contributed by atoms with Gasteiger partial charge < -0.3 is 19.4 Å². The minimum Gasteiger partial charge on any atom is -0.508 e. The number of carboxylic acid groups (broad SMARTS) is 1. The average Bonchev–Trinajstić information content (AvgIpc) is 1.66. The molecule has 6 bridgehead atoms. The number of aromatic nitrogens is 6. The van der Waals surface area contributed by atoms with E-state index in [1.165, 1.54) is 98.5 Å². The molecule has 13 rings (SSSR count). The monoisotopic (exact) mass is 1120 g/mol. The number of halogens is 6. The van der Waals surface area contributed by atoms with Gasteiger partial charge in [-0.15, -0.1) is 15.3 Å². The van der Waals surface area contributed by atoms with E-state index in [0.717, 1.165) is 48.1 Å². The average molecular weight is 1120 g/mol. The van der Waals surface area contributed by atoms with Crippen LogP contribution in [0.15, 0.2) is 125 Å². The van der Waals surface area contributed by atoms with Gasteiger partial charge in [0.25, 0.3) is 0 Å². The molecular weight excluding hydrogens is 1070 g/mol. The number of nitrogens with zero attached hydrogens (tertiary/aromatic N) is 6. The lowest BCUT2D eigenvalue weighted by Gasteiger charge is -2.36. The molecule has 0 spiro atoms. The molecule has 19 heteroatoms. The van der Waals surface area contributed by atoms with E-state index in [4.69, 9.17) is 9.15 Å². The number of hydrogen-bond donors (Lipinski definition) is 2. The molecule has 3 aromatic carbocycles. The predicted octanol–water partition coefficient (Wildman–Crippen LogP) is 13.0. The number of aliphatic hydroxyl groups is 1. The molecule has 0 unspecified atom stereocenters. The number of aliphatic carboxylic acids is 1. The lowest BCUT2D eigenvalue weighted by Crippen LogP contribution is -2.43. The molecule has 0 saturated heterocycles. The second-order valence-electron chi connectivity index (χ2n) is 23.7. The summed E-state index contributed by atoms with van der Waals surface area (Å²) in [4.78, 5) is 37.4. The summed E-state index contributed by atoms with van der Waals surface area (Å²) >= 11 is 0. The van der Waals surface area contributed by atoms with Crippen LogP contribution in [0.4, 0.5) is 26.3 Å². The summed E-state index contributed by atoms with van der Waals surface area (Å²) in [7, 11) is 1.44. The number of allylic oxidation sites excluding steroid dienone is 2. The van der Waals surface area contributed by atoms with Crippen molar-refractivity contribution in [3.05, 3.63) is 200 Å². The second kappa shape index (κ2) is 19.7. The molecule has 422 valence electrons. The van der Waals surface area contributed by atoms with Crippen molar-refractivity contribution in [2.45, 2.75) is 114 Å². The lowest BCUT2D eigenvalue weighted by molar-refractivity contribution is -0.147. The number of ether oxygens (including phenoxy) is 1. The summed E-state index contributed by atoms with van der Waals surface area (Å²) < 4.78 is 95.6. The Balaban J connectivity index is 0.000000130. The molecule has 0 amide bonds.